The van der Waals surface area contributed by atoms with Gasteiger partial charge < -0.3 is 32.4 Å². The molecule has 0 amide bonds. The van der Waals surface area contributed by atoms with Gasteiger partial charge in [-0.05, 0) is 58.7 Å². The quantitative estimate of drug-likeness (QED) is 0.201. The summed E-state index contributed by atoms with van der Waals surface area (Å²) in [6, 6.07) is 3.68. The van der Waals surface area contributed by atoms with Gasteiger partial charge in [0, 0.05) is 57.4 Å². The minimum absolute atomic E-state index is 0. The average Bonchev–Trinajstić information content (AvgIpc) is 2.89. The molecule has 0 aromatic carbocycles. The molecule has 0 spiro atoms. The monoisotopic (exact) mass is 587 g/mol. The summed E-state index contributed by atoms with van der Waals surface area (Å²) in [4.78, 5) is 57.3. The molecule has 0 aliphatic heterocycles. The maximum absolute atomic E-state index is 10.3. The van der Waals surface area contributed by atoms with E-state index in [4.69, 9.17) is 9.47 Å². The Bertz CT molecular complexity index is 1010. The van der Waals surface area contributed by atoms with E-state index >= 15 is 0 Å². The molecule has 223 valence electrons. The molecule has 2 aromatic heterocycles. The molecular weight excluding hydrogens is 546 g/mol. The number of carbonyl (C=O) groups excluding carboxylic acids is 4. The van der Waals surface area contributed by atoms with E-state index in [1.54, 1.807) is 20.3 Å². The molecule has 0 fully saturated rings. The van der Waals surface area contributed by atoms with Gasteiger partial charge in [-0.1, -0.05) is 0 Å². The molecule has 0 unspecified atom stereocenters. The summed E-state index contributed by atoms with van der Waals surface area (Å²) in [5.74, 6) is -0.529. The van der Waals surface area contributed by atoms with E-state index in [1.807, 2.05) is 47.4 Å². The second-order valence-electron chi connectivity index (χ2n) is 7.85. The van der Waals surface area contributed by atoms with Crippen LogP contribution in [0, 0.1) is 13.8 Å². The van der Waals surface area contributed by atoms with Crippen LogP contribution in [0.1, 0.15) is 47.8 Å². The number of aldehydes is 1. The topological polar surface area (TPSA) is 155 Å². The molecule has 0 bridgehead atoms. The molecule has 2 aromatic rings. The zero-order valence-electron chi connectivity index (χ0n) is 26.2. The van der Waals surface area contributed by atoms with Crippen LogP contribution in [-0.2, 0) is 35.4 Å². The van der Waals surface area contributed by atoms with Crippen molar-refractivity contribution in [3.63, 3.8) is 0 Å². The van der Waals surface area contributed by atoms with E-state index in [-0.39, 0.29) is 29.6 Å². The summed E-state index contributed by atoms with van der Waals surface area (Å²) < 4.78 is 13.5. The smallest absolute Gasteiger partial charge is 0.793 e. The summed E-state index contributed by atoms with van der Waals surface area (Å²) in [5.41, 5.74) is 3.95. The predicted molar refractivity (Wildman–Crippen MR) is 150 cm³/mol. The fraction of sp³-hybridized carbons (Fsp3) is 0.462. The largest absolute Gasteiger partial charge is 1.00 e. The van der Waals surface area contributed by atoms with Crippen molar-refractivity contribution in [2.45, 2.75) is 41.2 Å². The summed E-state index contributed by atoms with van der Waals surface area (Å²) in [7, 11) is 15.3. The number of rotatable bonds is 5. The van der Waals surface area contributed by atoms with Crippen molar-refractivity contribution in [3.05, 3.63) is 46.8 Å². The van der Waals surface area contributed by atoms with Crippen molar-refractivity contribution in [3.8, 4) is 11.8 Å². The van der Waals surface area contributed by atoms with Gasteiger partial charge in [0.1, 0.15) is 0 Å². The molecular formula is C26H41BN4NaO9. The van der Waals surface area contributed by atoms with Crippen molar-refractivity contribution < 1.29 is 72.6 Å². The van der Waals surface area contributed by atoms with Crippen molar-refractivity contribution in [2.75, 3.05) is 42.4 Å². The Morgan fingerprint density at radius 3 is 1.54 bits per heavy atom. The number of methoxy groups -OCH3 is 2. The number of hydrogen-bond acceptors (Lipinski definition) is 13. The van der Waals surface area contributed by atoms with Crippen molar-refractivity contribution in [1.82, 2.24) is 20.2 Å². The number of nitrogens with one attached hydrogen (secondary N) is 1. The maximum Gasteiger partial charge on any atom is 1.00 e. The molecule has 41 heavy (non-hydrogen) atoms. The SMILES string of the molecule is CC(=O)OOC(C)=O.CNC.COc1cc(C)c(C=O)cn1.COc1cc(C)c(CN(C)C)cn1.[B-]OC(C)=O.[Na+]. The first-order valence-electron chi connectivity index (χ1n) is 11.6. The summed E-state index contributed by atoms with van der Waals surface area (Å²) >= 11 is 0. The van der Waals surface area contributed by atoms with Crippen molar-refractivity contribution in [2.24, 2.45) is 0 Å². The molecule has 13 nitrogen and oxygen atoms in total. The normalized spacial score (nSPS) is 8.61. The van der Waals surface area contributed by atoms with E-state index in [2.05, 4.69) is 49.6 Å². The third-order valence-electron chi connectivity index (χ3n) is 3.79. The van der Waals surface area contributed by atoms with Crippen molar-refractivity contribution >= 4 is 32.2 Å². The first-order valence-corrected chi connectivity index (χ1v) is 11.6. The Balaban J connectivity index is -0.000000223. The second-order valence-corrected chi connectivity index (χ2v) is 7.85. The fourth-order valence-electron chi connectivity index (χ4n) is 2.07. The van der Waals surface area contributed by atoms with Crippen LogP contribution in [0.4, 0.5) is 0 Å². The van der Waals surface area contributed by atoms with E-state index in [0.29, 0.717) is 17.3 Å². The Morgan fingerprint density at radius 1 is 0.878 bits per heavy atom. The molecule has 0 saturated carbocycles. The first-order chi connectivity index (χ1) is 18.7. The Kier molecular flexibility index (Phi) is 31.2. The number of pyridine rings is 2. The van der Waals surface area contributed by atoms with Crippen LogP contribution in [0.3, 0.4) is 0 Å². The minimum Gasteiger partial charge on any atom is -0.793 e. The number of aryl methyl sites for hydroxylation is 2. The van der Waals surface area contributed by atoms with Crippen LogP contribution >= 0.6 is 0 Å². The summed E-state index contributed by atoms with van der Waals surface area (Å²) in [6.45, 7) is 8.35. The third kappa shape index (κ3) is 28.3. The number of aromatic nitrogens is 2. The van der Waals surface area contributed by atoms with Gasteiger partial charge >= 0.3 is 41.5 Å². The zero-order valence-corrected chi connectivity index (χ0v) is 28.2. The summed E-state index contributed by atoms with van der Waals surface area (Å²) in [5, 5.41) is 2.75. The molecule has 15 heteroatoms. The minimum atomic E-state index is -0.639. The Morgan fingerprint density at radius 2 is 1.27 bits per heavy atom. The molecule has 2 heterocycles. The Hall–Kier alpha value is -3.04. The molecule has 0 aliphatic rings. The van der Waals surface area contributed by atoms with Gasteiger partial charge in [0.05, 0.1) is 14.2 Å². The predicted octanol–water partition coefficient (Wildman–Crippen LogP) is -0.828. The van der Waals surface area contributed by atoms with Crippen molar-refractivity contribution in [1.29, 1.82) is 0 Å². The van der Waals surface area contributed by atoms with Gasteiger partial charge in [-0.3, -0.25) is 9.59 Å². The average molecular weight is 587 g/mol. The molecule has 0 saturated heterocycles. The van der Waals surface area contributed by atoms with E-state index < -0.39 is 17.9 Å². The van der Waals surface area contributed by atoms with E-state index in [1.165, 1.54) is 24.2 Å². The molecule has 0 atom stereocenters. The van der Waals surface area contributed by atoms with Crippen LogP contribution in [0.5, 0.6) is 11.8 Å². The number of ether oxygens (including phenoxy) is 2. The van der Waals surface area contributed by atoms with Crippen LogP contribution in [0.25, 0.3) is 0 Å². The van der Waals surface area contributed by atoms with Gasteiger partial charge in [-0.25, -0.2) is 29.3 Å². The van der Waals surface area contributed by atoms with Gasteiger partial charge in [0.2, 0.25) is 17.7 Å². The molecule has 2 rings (SSSR count). The number of carbonyl (C=O) groups is 4. The third-order valence-corrected chi connectivity index (χ3v) is 3.79. The fourth-order valence-corrected chi connectivity index (χ4v) is 2.07. The first kappa shape index (κ1) is 45.0. The van der Waals surface area contributed by atoms with Crippen LogP contribution in [0.2, 0.25) is 0 Å². The number of hydrogen-bond donors (Lipinski definition) is 1. The molecule has 0 aliphatic carbocycles. The summed E-state index contributed by atoms with van der Waals surface area (Å²) in [6.07, 6.45) is 4.15. The number of nitrogens with zero attached hydrogens (tertiary/aromatic N) is 3. The van der Waals surface area contributed by atoms with Gasteiger partial charge in [0.25, 0.3) is 0 Å². The van der Waals surface area contributed by atoms with Gasteiger partial charge in [0.15, 0.2) is 6.29 Å². The molecule has 3 radical (unpaired) electrons. The second kappa shape index (κ2) is 28.5. The Labute approximate surface area is 266 Å². The zero-order chi connectivity index (χ0) is 31.7. The van der Waals surface area contributed by atoms with E-state index in [0.717, 1.165) is 32.2 Å². The van der Waals surface area contributed by atoms with Gasteiger partial charge in [-0.2, -0.15) is 0 Å². The van der Waals surface area contributed by atoms with Crippen LogP contribution < -0.4 is 44.3 Å². The van der Waals surface area contributed by atoms with Gasteiger partial charge in [-0.15, -0.1) is 0 Å². The maximum atomic E-state index is 10.3. The van der Waals surface area contributed by atoms with Crippen LogP contribution in [-0.4, -0.2) is 89.5 Å². The van der Waals surface area contributed by atoms with E-state index in [9.17, 15) is 19.2 Å². The molecule has 1 N–H and O–H groups in total. The van der Waals surface area contributed by atoms with Crippen LogP contribution in [0.15, 0.2) is 24.5 Å². The standard InChI is InChI=1S/C10H16N2O.C8H9NO2.C4H6O4.C2H3BO2.C2H7N.Na/c1-8-5-10(13-4)11-6-9(8)7-12(2)3;1-6-3-8(11-2)9-4-7(6)5-10;1-3(5)7-8-4(2)6;1-2(4)5-3;1-3-2;/h5-6H,7H2,1-4H3;3-5H,1-2H3;1-2H3;1H3;3H,1-2H3;/q;;;-1;;+1.